The van der Waals surface area contributed by atoms with Crippen LogP contribution < -0.4 is 10.6 Å². The van der Waals surface area contributed by atoms with Crippen molar-refractivity contribution in [2.75, 3.05) is 10.6 Å². The number of pyridine rings is 1. The third-order valence-corrected chi connectivity index (χ3v) is 3.26. The second-order valence-corrected chi connectivity index (χ2v) is 5.10. The molecule has 0 saturated carbocycles. The molecule has 0 aliphatic carbocycles. The summed E-state index contributed by atoms with van der Waals surface area (Å²) in [5.41, 5.74) is 2.11. The molecule has 2 heterocycles. The van der Waals surface area contributed by atoms with E-state index in [2.05, 4.69) is 15.6 Å². The van der Waals surface area contributed by atoms with E-state index >= 15 is 0 Å². The van der Waals surface area contributed by atoms with Crippen LogP contribution in [0.2, 0.25) is 0 Å². The van der Waals surface area contributed by atoms with E-state index in [0.717, 1.165) is 5.56 Å². The molecule has 0 aliphatic heterocycles. The molecule has 2 aromatic heterocycles. The number of nitrogens with one attached hydrogen (secondary N) is 2. The summed E-state index contributed by atoms with van der Waals surface area (Å²) >= 11 is 0. The fourth-order valence-electron chi connectivity index (χ4n) is 2.13. The number of benzene rings is 1. The molecule has 120 valence electrons. The molecule has 0 saturated heterocycles. The average molecular weight is 321 g/mol. The van der Waals surface area contributed by atoms with Crippen molar-refractivity contribution in [2.45, 2.75) is 6.42 Å². The Morgan fingerprint density at radius 1 is 0.958 bits per heavy atom. The van der Waals surface area contributed by atoms with Crippen LogP contribution in [0.4, 0.5) is 11.4 Å². The lowest BCUT2D eigenvalue weighted by Gasteiger charge is -2.07. The number of hydrogen-bond donors (Lipinski definition) is 2. The first-order valence-electron chi connectivity index (χ1n) is 7.34. The molecular formula is C18H15N3O3. The smallest absolute Gasteiger partial charge is 0.291 e. The van der Waals surface area contributed by atoms with Gasteiger partial charge in [-0.05, 0) is 48.0 Å². The molecule has 0 spiro atoms. The number of aromatic nitrogens is 1. The van der Waals surface area contributed by atoms with Crippen LogP contribution in [0, 0.1) is 0 Å². The number of hydrogen-bond acceptors (Lipinski definition) is 4. The van der Waals surface area contributed by atoms with Crippen LogP contribution in [-0.4, -0.2) is 16.8 Å². The Kier molecular flexibility index (Phi) is 4.67. The van der Waals surface area contributed by atoms with Gasteiger partial charge in [0, 0.05) is 23.8 Å². The number of anilines is 2. The molecule has 6 nitrogen and oxygen atoms in total. The van der Waals surface area contributed by atoms with Gasteiger partial charge in [0.15, 0.2) is 5.76 Å². The van der Waals surface area contributed by atoms with Gasteiger partial charge in [0.2, 0.25) is 5.91 Å². The van der Waals surface area contributed by atoms with Gasteiger partial charge in [-0.3, -0.25) is 14.6 Å². The summed E-state index contributed by atoms with van der Waals surface area (Å²) in [6, 6.07) is 13.7. The first kappa shape index (κ1) is 15.5. The van der Waals surface area contributed by atoms with E-state index in [0.29, 0.717) is 11.4 Å². The van der Waals surface area contributed by atoms with E-state index in [4.69, 9.17) is 4.42 Å². The number of rotatable bonds is 5. The molecule has 3 aromatic rings. The van der Waals surface area contributed by atoms with Gasteiger partial charge in [0.25, 0.3) is 5.91 Å². The van der Waals surface area contributed by atoms with E-state index < -0.39 is 0 Å². The first-order chi connectivity index (χ1) is 11.7. The molecule has 0 fully saturated rings. The highest BCUT2D eigenvalue weighted by Crippen LogP contribution is 2.15. The topological polar surface area (TPSA) is 84.2 Å². The van der Waals surface area contributed by atoms with Crippen molar-refractivity contribution < 1.29 is 14.0 Å². The Bertz CT molecular complexity index is 812. The normalized spacial score (nSPS) is 10.2. The lowest BCUT2D eigenvalue weighted by atomic mass is 10.2. The Morgan fingerprint density at radius 3 is 2.33 bits per heavy atom. The SMILES string of the molecule is O=C(Cc1cccnc1)Nc1ccc(NC(=O)c2ccco2)cc1. The summed E-state index contributed by atoms with van der Waals surface area (Å²) in [6.45, 7) is 0. The summed E-state index contributed by atoms with van der Waals surface area (Å²) < 4.78 is 5.03. The van der Waals surface area contributed by atoms with Crippen molar-refractivity contribution in [2.24, 2.45) is 0 Å². The highest BCUT2D eigenvalue weighted by atomic mass is 16.3. The Labute approximate surface area is 138 Å². The third-order valence-electron chi connectivity index (χ3n) is 3.26. The largest absolute Gasteiger partial charge is 0.459 e. The molecule has 24 heavy (non-hydrogen) atoms. The molecule has 6 heteroatoms. The highest BCUT2D eigenvalue weighted by Gasteiger charge is 2.09. The molecule has 2 amide bonds. The van der Waals surface area contributed by atoms with Crippen molar-refractivity contribution >= 4 is 23.2 Å². The summed E-state index contributed by atoms with van der Waals surface area (Å²) in [5.74, 6) is -0.215. The van der Waals surface area contributed by atoms with Crippen LogP contribution in [0.1, 0.15) is 16.1 Å². The van der Waals surface area contributed by atoms with Crippen LogP contribution in [0.5, 0.6) is 0 Å². The number of carbonyl (C=O) groups excluding carboxylic acids is 2. The van der Waals surface area contributed by atoms with E-state index in [1.807, 2.05) is 6.07 Å². The lowest BCUT2D eigenvalue weighted by Crippen LogP contribution is -2.14. The summed E-state index contributed by atoms with van der Waals surface area (Å²) in [5, 5.41) is 5.51. The molecule has 2 N–H and O–H groups in total. The predicted octanol–water partition coefficient (Wildman–Crippen LogP) is 3.11. The monoisotopic (exact) mass is 321 g/mol. The Hall–Kier alpha value is -3.41. The van der Waals surface area contributed by atoms with Gasteiger partial charge in [0.1, 0.15) is 0 Å². The van der Waals surface area contributed by atoms with Crippen molar-refractivity contribution in [1.29, 1.82) is 0 Å². The number of amides is 2. The molecule has 0 unspecified atom stereocenters. The average Bonchev–Trinajstić information content (AvgIpc) is 3.12. The van der Waals surface area contributed by atoms with Crippen LogP contribution in [0.25, 0.3) is 0 Å². The molecule has 3 rings (SSSR count). The quantitative estimate of drug-likeness (QED) is 0.756. The van der Waals surface area contributed by atoms with Crippen molar-refractivity contribution in [3.05, 3.63) is 78.5 Å². The second-order valence-electron chi connectivity index (χ2n) is 5.10. The highest BCUT2D eigenvalue weighted by molar-refractivity contribution is 6.02. The first-order valence-corrected chi connectivity index (χ1v) is 7.34. The minimum Gasteiger partial charge on any atom is -0.459 e. The molecular weight excluding hydrogens is 306 g/mol. The van der Waals surface area contributed by atoms with Crippen LogP contribution in [-0.2, 0) is 11.2 Å². The molecule has 0 bridgehead atoms. The van der Waals surface area contributed by atoms with Gasteiger partial charge in [0.05, 0.1) is 12.7 Å². The predicted molar refractivity (Wildman–Crippen MR) is 89.7 cm³/mol. The molecule has 0 aliphatic rings. The fourth-order valence-corrected chi connectivity index (χ4v) is 2.13. The third kappa shape index (κ3) is 4.07. The van der Waals surface area contributed by atoms with E-state index in [1.165, 1.54) is 6.26 Å². The van der Waals surface area contributed by atoms with Crippen LogP contribution >= 0.6 is 0 Å². The summed E-state index contributed by atoms with van der Waals surface area (Å²) in [6.07, 6.45) is 5.02. The van der Waals surface area contributed by atoms with E-state index in [9.17, 15) is 9.59 Å². The summed E-state index contributed by atoms with van der Waals surface area (Å²) in [4.78, 5) is 27.8. The Balaban J connectivity index is 1.56. The number of nitrogens with zero attached hydrogens (tertiary/aromatic N) is 1. The van der Waals surface area contributed by atoms with Crippen LogP contribution in [0.3, 0.4) is 0 Å². The molecule has 1 aromatic carbocycles. The van der Waals surface area contributed by atoms with Crippen molar-refractivity contribution in [3.63, 3.8) is 0 Å². The number of furan rings is 1. The van der Waals surface area contributed by atoms with Gasteiger partial charge in [-0.25, -0.2) is 0 Å². The minimum atomic E-state index is -0.326. The maximum absolute atomic E-state index is 12.0. The zero-order valence-corrected chi connectivity index (χ0v) is 12.7. The van der Waals surface area contributed by atoms with Crippen LogP contribution in [0.15, 0.2) is 71.6 Å². The van der Waals surface area contributed by atoms with Gasteiger partial charge in [-0.15, -0.1) is 0 Å². The zero-order valence-electron chi connectivity index (χ0n) is 12.7. The standard InChI is InChI=1S/C18H15N3O3/c22-17(11-13-3-1-9-19-12-13)20-14-5-7-15(8-6-14)21-18(23)16-4-2-10-24-16/h1-10,12H,11H2,(H,20,22)(H,21,23). The second kappa shape index (κ2) is 7.23. The number of carbonyl (C=O) groups is 2. The van der Waals surface area contributed by atoms with Crippen molar-refractivity contribution in [3.8, 4) is 0 Å². The fraction of sp³-hybridized carbons (Fsp3) is 0.0556. The van der Waals surface area contributed by atoms with Gasteiger partial charge in [-0.2, -0.15) is 0 Å². The zero-order chi connectivity index (χ0) is 16.8. The molecule has 0 radical (unpaired) electrons. The van der Waals surface area contributed by atoms with Gasteiger partial charge in [-0.1, -0.05) is 6.07 Å². The van der Waals surface area contributed by atoms with Gasteiger partial charge < -0.3 is 15.1 Å². The lowest BCUT2D eigenvalue weighted by molar-refractivity contribution is -0.115. The van der Waals surface area contributed by atoms with Crippen molar-refractivity contribution in [1.82, 2.24) is 4.98 Å². The Morgan fingerprint density at radius 2 is 1.71 bits per heavy atom. The maximum Gasteiger partial charge on any atom is 0.291 e. The van der Waals surface area contributed by atoms with E-state index in [1.54, 1.807) is 54.9 Å². The van der Waals surface area contributed by atoms with Gasteiger partial charge >= 0.3 is 0 Å². The maximum atomic E-state index is 12.0. The molecule has 0 atom stereocenters. The summed E-state index contributed by atoms with van der Waals surface area (Å²) in [7, 11) is 0. The van der Waals surface area contributed by atoms with E-state index in [-0.39, 0.29) is 24.0 Å². The minimum absolute atomic E-state index is 0.129.